The first-order valence-electron chi connectivity index (χ1n) is 5.65. The molecule has 0 bridgehead atoms. The summed E-state index contributed by atoms with van der Waals surface area (Å²) < 4.78 is 0. The Hall–Kier alpha value is -2.01. The van der Waals surface area contributed by atoms with E-state index < -0.39 is 18.0 Å². The van der Waals surface area contributed by atoms with Gasteiger partial charge in [0, 0.05) is 11.6 Å². The summed E-state index contributed by atoms with van der Waals surface area (Å²) in [6.45, 7) is 3.71. The molecule has 0 aromatic heterocycles. The molecule has 0 heterocycles. The number of carboxylic acids is 1. The number of hydrogen-bond acceptors (Lipinski definition) is 2. The quantitative estimate of drug-likeness (QED) is 0.700. The second kappa shape index (κ2) is 7.43. The predicted molar refractivity (Wildman–Crippen MR) is 73.1 cm³/mol. The van der Waals surface area contributed by atoms with Gasteiger partial charge in [-0.2, -0.15) is 0 Å². The van der Waals surface area contributed by atoms with E-state index in [0.717, 1.165) is 5.56 Å². The van der Waals surface area contributed by atoms with Gasteiger partial charge in [-0.1, -0.05) is 29.8 Å². The average Bonchev–Trinajstić information content (AvgIpc) is 2.36. The maximum Gasteiger partial charge on any atom is 0.326 e. The number of urea groups is 1. The summed E-state index contributed by atoms with van der Waals surface area (Å²) in [6, 6.07) is 5.52. The fraction of sp³-hybridized carbons (Fsp3) is 0.231. The van der Waals surface area contributed by atoms with E-state index in [4.69, 9.17) is 16.7 Å². The Bertz CT molecular complexity index is 477. The van der Waals surface area contributed by atoms with E-state index in [1.165, 1.54) is 6.08 Å². The first kappa shape index (κ1) is 15.0. The summed E-state index contributed by atoms with van der Waals surface area (Å²) in [4.78, 5) is 22.4. The van der Waals surface area contributed by atoms with Crippen LogP contribution < -0.4 is 10.6 Å². The molecule has 1 rings (SSSR count). The fourth-order valence-corrected chi connectivity index (χ4v) is 1.64. The molecule has 0 saturated heterocycles. The Morgan fingerprint density at radius 2 is 2.21 bits per heavy atom. The van der Waals surface area contributed by atoms with Crippen molar-refractivity contribution in [3.8, 4) is 0 Å². The molecular weight excluding hydrogens is 268 g/mol. The lowest BCUT2D eigenvalue weighted by atomic mass is 10.2. The van der Waals surface area contributed by atoms with E-state index in [1.54, 1.807) is 18.2 Å². The van der Waals surface area contributed by atoms with Crippen molar-refractivity contribution >= 4 is 23.6 Å². The molecule has 1 aromatic carbocycles. The second-order valence-electron chi connectivity index (χ2n) is 3.87. The number of carboxylic acid groups (broad SMARTS) is 1. The minimum absolute atomic E-state index is 0.167. The molecular formula is C13H15ClN2O3. The number of carbonyl (C=O) groups excluding carboxylic acids is 1. The zero-order valence-electron chi connectivity index (χ0n) is 10.2. The SMILES string of the molecule is C=CCC(NC(=O)NCc1cccc(Cl)c1)C(=O)O. The predicted octanol–water partition coefficient (Wildman–Crippen LogP) is 2.17. The van der Waals surface area contributed by atoms with Crippen LogP contribution in [0.1, 0.15) is 12.0 Å². The van der Waals surface area contributed by atoms with Crippen LogP contribution in [-0.2, 0) is 11.3 Å². The van der Waals surface area contributed by atoms with Crippen molar-refractivity contribution in [3.05, 3.63) is 47.5 Å². The Balaban J connectivity index is 2.46. The van der Waals surface area contributed by atoms with Crippen LogP contribution in [0, 0.1) is 0 Å². The molecule has 19 heavy (non-hydrogen) atoms. The van der Waals surface area contributed by atoms with Gasteiger partial charge in [0.25, 0.3) is 0 Å². The third-order valence-electron chi connectivity index (χ3n) is 2.35. The number of rotatable bonds is 6. The van der Waals surface area contributed by atoms with E-state index in [1.807, 2.05) is 6.07 Å². The van der Waals surface area contributed by atoms with Crippen LogP contribution in [0.5, 0.6) is 0 Å². The molecule has 102 valence electrons. The van der Waals surface area contributed by atoms with Crippen LogP contribution in [0.15, 0.2) is 36.9 Å². The van der Waals surface area contributed by atoms with Gasteiger partial charge in [0.1, 0.15) is 6.04 Å². The highest BCUT2D eigenvalue weighted by molar-refractivity contribution is 6.30. The maximum atomic E-state index is 11.5. The highest BCUT2D eigenvalue weighted by Crippen LogP contribution is 2.10. The molecule has 0 aliphatic rings. The zero-order valence-corrected chi connectivity index (χ0v) is 11.0. The topological polar surface area (TPSA) is 78.4 Å². The van der Waals surface area contributed by atoms with Crippen molar-refractivity contribution < 1.29 is 14.7 Å². The van der Waals surface area contributed by atoms with Crippen molar-refractivity contribution in [2.75, 3.05) is 0 Å². The van der Waals surface area contributed by atoms with Crippen LogP contribution >= 0.6 is 11.6 Å². The first-order valence-corrected chi connectivity index (χ1v) is 6.03. The molecule has 0 aliphatic heterocycles. The molecule has 1 atom stereocenters. The largest absolute Gasteiger partial charge is 0.480 e. The smallest absolute Gasteiger partial charge is 0.326 e. The normalized spacial score (nSPS) is 11.4. The van der Waals surface area contributed by atoms with E-state index in [0.29, 0.717) is 5.02 Å². The molecule has 0 aliphatic carbocycles. The van der Waals surface area contributed by atoms with Crippen LogP contribution in [0.3, 0.4) is 0 Å². The Morgan fingerprint density at radius 1 is 1.47 bits per heavy atom. The Labute approximate surface area is 116 Å². The van der Waals surface area contributed by atoms with Crippen molar-refractivity contribution in [1.82, 2.24) is 10.6 Å². The summed E-state index contributed by atoms with van der Waals surface area (Å²) in [5.41, 5.74) is 0.832. The molecule has 0 saturated carbocycles. The van der Waals surface area contributed by atoms with E-state index in [-0.39, 0.29) is 13.0 Å². The van der Waals surface area contributed by atoms with Crippen LogP contribution in [0.25, 0.3) is 0 Å². The van der Waals surface area contributed by atoms with Crippen LogP contribution in [0.2, 0.25) is 5.02 Å². The second-order valence-corrected chi connectivity index (χ2v) is 4.31. The van der Waals surface area contributed by atoms with E-state index in [2.05, 4.69) is 17.2 Å². The molecule has 0 spiro atoms. The van der Waals surface area contributed by atoms with Crippen molar-refractivity contribution in [2.24, 2.45) is 0 Å². The number of nitrogens with one attached hydrogen (secondary N) is 2. The maximum absolute atomic E-state index is 11.5. The van der Waals surface area contributed by atoms with Crippen molar-refractivity contribution in [2.45, 2.75) is 19.0 Å². The van der Waals surface area contributed by atoms with Crippen molar-refractivity contribution in [3.63, 3.8) is 0 Å². The zero-order chi connectivity index (χ0) is 14.3. The van der Waals surface area contributed by atoms with Crippen LogP contribution in [0.4, 0.5) is 4.79 Å². The number of aliphatic carboxylic acids is 1. The molecule has 6 heteroatoms. The molecule has 3 N–H and O–H groups in total. The lowest BCUT2D eigenvalue weighted by molar-refractivity contribution is -0.139. The van der Waals surface area contributed by atoms with Gasteiger partial charge in [0.2, 0.25) is 0 Å². The van der Waals surface area contributed by atoms with Gasteiger partial charge in [-0.25, -0.2) is 9.59 Å². The number of hydrogen-bond donors (Lipinski definition) is 3. The first-order chi connectivity index (χ1) is 9.02. The summed E-state index contributed by atoms with van der Waals surface area (Å²) in [5.74, 6) is -1.10. The number of amides is 2. The third-order valence-corrected chi connectivity index (χ3v) is 2.58. The number of benzene rings is 1. The molecule has 1 unspecified atom stereocenters. The molecule has 2 amide bonds. The molecule has 0 fully saturated rings. The Morgan fingerprint density at radius 3 is 2.79 bits per heavy atom. The monoisotopic (exact) mass is 282 g/mol. The van der Waals surface area contributed by atoms with Gasteiger partial charge in [0.05, 0.1) is 0 Å². The molecule has 1 aromatic rings. The number of halogens is 1. The lowest BCUT2D eigenvalue weighted by Crippen LogP contribution is -2.45. The third kappa shape index (κ3) is 5.44. The summed E-state index contributed by atoms with van der Waals surface area (Å²) in [5, 5.41) is 14.4. The van der Waals surface area contributed by atoms with Gasteiger partial charge in [-0.05, 0) is 24.1 Å². The van der Waals surface area contributed by atoms with Crippen LogP contribution in [-0.4, -0.2) is 23.1 Å². The highest BCUT2D eigenvalue weighted by atomic mass is 35.5. The minimum atomic E-state index is -1.10. The minimum Gasteiger partial charge on any atom is -0.480 e. The van der Waals surface area contributed by atoms with Gasteiger partial charge < -0.3 is 15.7 Å². The number of carbonyl (C=O) groups is 2. The summed E-state index contributed by atoms with van der Waals surface area (Å²) >= 11 is 5.81. The van der Waals surface area contributed by atoms with Gasteiger partial charge in [-0.15, -0.1) is 6.58 Å². The Kier molecular flexibility index (Phi) is 5.89. The lowest BCUT2D eigenvalue weighted by Gasteiger charge is -2.13. The summed E-state index contributed by atoms with van der Waals surface area (Å²) in [6.07, 6.45) is 1.61. The van der Waals surface area contributed by atoms with E-state index in [9.17, 15) is 9.59 Å². The van der Waals surface area contributed by atoms with Gasteiger partial charge in [0.15, 0.2) is 0 Å². The van der Waals surface area contributed by atoms with Gasteiger partial charge in [-0.3, -0.25) is 0 Å². The van der Waals surface area contributed by atoms with E-state index >= 15 is 0 Å². The van der Waals surface area contributed by atoms with Gasteiger partial charge >= 0.3 is 12.0 Å². The summed E-state index contributed by atoms with van der Waals surface area (Å²) in [7, 11) is 0. The standard InChI is InChI=1S/C13H15ClN2O3/c1-2-4-11(12(17)18)16-13(19)15-8-9-5-3-6-10(14)7-9/h2-3,5-7,11H,1,4,8H2,(H,17,18)(H2,15,16,19). The highest BCUT2D eigenvalue weighted by Gasteiger charge is 2.17. The molecule has 5 nitrogen and oxygen atoms in total. The fourth-order valence-electron chi connectivity index (χ4n) is 1.43. The molecule has 0 radical (unpaired) electrons. The van der Waals surface area contributed by atoms with Crippen molar-refractivity contribution in [1.29, 1.82) is 0 Å². The average molecular weight is 283 g/mol.